The van der Waals surface area contributed by atoms with Gasteiger partial charge >= 0.3 is 0 Å². The van der Waals surface area contributed by atoms with E-state index in [-0.39, 0.29) is 36.5 Å². The summed E-state index contributed by atoms with van der Waals surface area (Å²) in [5, 5.41) is 26.0. The average molecular weight is 730 g/mol. The number of piperazine rings is 1. The molecule has 3 aliphatic heterocycles. The van der Waals surface area contributed by atoms with Gasteiger partial charge in [0, 0.05) is 50.5 Å². The molecular weight excluding hydrogens is 686 g/mol. The van der Waals surface area contributed by atoms with E-state index in [1.54, 1.807) is 11.8 Å². The highest BCUT2D eigenvalue weighted by Gasteiger charge is 2.30. The van der Waals surface area contributed by atoms with Gasteiger partial charge in [-0.25, -0.2) is 9.97 Å². The maximum absolute atomic E-state index is 12.6. The highest BCUT2D eigenvalue weighted by molar-refractivity contribution is 7.99. The van der Waals surface area contributed by atoms with E-state index in [0.29, 0.717) is 40.8 Å². The molecule has 0 bridgehead atoms. The van der Waals surface area contributed by atoms with E-state index in [4.69, 9.17) is 26.0 Å². The molecule has 1 aromatic carbocycles. The van der Waals surface area contributed by atoms with Crippen molar-refractivity contribution in [2.45, 2.75) is 62.4 Å². The zero-order valence-corrected chi connectivity index (χ0v) is 30.6. The second-order valence-corrected chi connectivity index (χ2v) is 15.9. The molecule has 0 radical (unpaired) electrons. The number of aliphatic hydroxyl groups excluding tert-OH is 2. The zero-order chi connectivity index (χ0) is 34.7. The van der Waals surface area contributed by atoms with E-state index in [1.807, 2.05) is 38.1 Å². The number of nitrogens with zero attached hydrogens (tertiary/aromatic N) is 7. The van der Waals surface area contributed by atoms with E-state index >= 15 is 0 Å². The van der Waals surface area contributed by atoms with E-state index < -0.39 is 10.8 Å². The fourth-order valence-corrected chi connectivity index (χ4v) is 8.40. The molecule has 3 aliphatic rings. The Balaban J connectivity index is 0.000000207. The van der Waals surface area contributed by atoms with Crippen LogP contribution in [0.15, 0.2) is 38.5 Å². The van der Waals surface area contributed by atoms with Crippen molar-refractivity contribution in [3.63, 3.8) is 0 Å². The lowest BCUT2D eigenvalue weighted by molar-refractivity contribution is 0.248. The van der Waals surface area contributed by atoms with Gasteiger partial charge in [0.1, 0.15) is 22.0 Å². The molecule has 0 aliphatic carbocycles. The third-order valence-corrected chi connectivity index (χ3v) is 11.7. The fraction of sp³-hybridized carbons (Fsp3) is 0.545. The molecule has 49 heavy (non-hydrogen) atoms. The Labute approximate surface area is 298 Å². The van der Waals surface area contributed by atoms with Gasteiger partial charge in [0.15, 0.2) is 5.58 Å². The van der Waals surface area contributed by atoms with Crippen molar-refractivity contribution < 1.29 is 18.8 Å². The van der Waals surface area contributed by atoms with Crippen molar-refractivity contribution in [3.05, 3.63) is 40.9 Å². The minimum absolute atomic E-state index is 0.00809. The molecule has 3 atom stereocenters. The fourth-order valence-electron chi connectivity index (χ4n) is 5.85. The Morgan fingerprint density at radius 2 is 1.55 bits per heavy atom. The van der Waals surface area contributed by atoms with Gasteiger partial charge in [-0.1, -0.05) is 39.8 Å². The van der Waals surface area contributed by atoms with E-state index in [2.05, 4.69) is 49.2 Å². The number of nitrogens with one attached hydrogen (secondary N) is 2. The number of benzene rings is 1. The molecule has 0 saturated carbocycles. The standard InChI is InChI=1S/C22H28N6O3S.C11H16ClN3OS/c1-14(2)17(13-29)23-20-19-16(7-12-32(19)30)24-21(26-20)27-8-10-28(11-9-27)22-25-15-5-3-4-6-18(15)31-22;1-6(2)8(5-16)13-10-9-7(3-4-17-9)14-11(12)15-10/h3-6,14,17,29H,7-13H2,1-2H3,(H,23,24,26);6,8,16H,3-5H2,1-2H3,(H,13,14,15)/t17-,32?;8-/m00/s1. The SMILES string of the molecule is CC(C)[C@H](CO)Nc1nc(Cl)nc2c1SCC2.CC(C)[C@H](CO)Nc1nc(N2CCN(c3nc4ccccc4o3)CC2)nc2c1S(=O)CC2. The highest BCUT2D eigenvalue weighted by Crippen LogP contribution is 2.36. The summed E-state index contributed by atoms with van der Waals surface area (Å²) < 4.78 is 18.5. The number of rotatable bonds is 10. The molecule has 0 amide bonds. The second-order valence-electron chi connectivity index (χ2n) is 13.0. The van der Waals surface area contributed by atoms with Crippen molar-refractivity contribution in [2.24, 2.45) is 11.8 Å². The summed E-state index contributed by atoms with van der Waals surface area (Å²) >= 11 is 7.64. The predicted molar refractivity (Wildman–Crippen MR) is 196 cm³/mol. The zero-order valence-electron chi connectivity index (χ0n) is 28.2. The molecule has 4 aromatic rings. The molecule has 4 N–H and O–H groups in total. The maximum Gasteiger partial charge on any atom is 0.298 e. The van der Waals surface area contributed by atoms with Gasteiger partial charge < -0.3 is 35.1 Å². The Hall–Kier alpha value is -3.24. The van der Waals surface area contributed by atoms with E-state index in [1.165, 1.54) is 0 Å². The number of aromatic nitrogens is 5. The summed E-state index contributed by atoms with van der Waals surface area (Å²) in [6, 6.07) is 8.25. The first-order valence-electron chi connectivity index (χ1n) is 16.7. The Morgan fingerprint density at radius 3 is 2.22 bits per heavy atom. The average Bonchev–Trinajstić information content (AvgIpc) is 3.84. The lowest BCUT2D eigenvalue weighted by Gasteiger charge is -2.34. The molecule has 1 saturated heterocycles. The van der Waals surface area contributed by atoms with Crippen LogP contribution in [0.1, 0.15) is 39.1 Å². The molecule has 16 heteroatoms. The van der Waals surface area contributed by atoms with Crippen LogP contribution in [-0.4, -0.2) is 102 Å². The summed E-state index contributed by atoms with van der Waals surface area (Å²) in [6.45, 7) is 11.2. The quantitative estimate of drug-likeness (QED) is 0.171. The Bertz CT molecular complexity index is 1750. The second kappa shape index (κ2) is 15.8. The number of hydrogen-bond donors (Lipinski definition) is 4. The van der Waals surface area contributed by atoms with Gasteiger partial charge in [0.05, 0.1) is 52.4 Å². The lowest BCUT2D eigenvalue weighted by atomic mass is 10.1. The molecule has 264 valence electrons. The van der Waals surface area contributed by atoms with Crippen molar-refractivity contribution in [1.82, 2.24) is 24.9 Å². The minimum atomic E-state index is -1.11. The van der Waals surface area contributed by atoms with Crippen LogP contribution in [-0.2, 0) is 23.6 Å². The first kappa shape index (κ1) is 35.6. The van der Waals surface area contributed by atoms with Crippen LogP contribution in [0, 0.1) is 11.8 Å². The molecular formula is C33H44ClN9O4S2. The van der Waals surface area contributed by atoms with Crippen LogP contribution in [0.2, 0.25) is 5.28 Å². The number of hydrogen-bond acceptors (Lipinski definition) is 14. The first-order valence-corrected chi connectivity index (χ1v) is 19.4. The highest BCUT2D eigenvalue weighted by atomic mass is 35.5. The van der Waals surface area contributed by atoms with Crippen LogP contribution in [0.5, 0.6) is 0 Å². The smallest absolute Gasteiger partial charge is 0.298 e. The van der Waals surface area contributed by atoms with E-state index in [9.17, 15) is 14.4 Å². The Kier molecular flexibility index (Phi) is 11.4. The number of anilines is 4. The molecule has 13 nitrogen and oxygen atoms in total. The lowest BCUT2D eigenvalue weighted by Crippen LogP contribution is -2.47. The summed E-state index contributed by atoms with van der Waals surface area (Å²) in [6.07, 6.45) is 1.61. The van der Waals surface area contributed by atoms with Gasteiger partial charge in [-0.15, -0.1) is 11.8 Å². The number of aliphatic hydroxyl groups is 2. The number of para-hydroxylation sites is 2. The number of thioether (sulfide) groups is 1. The number of halogens is 1. The molecule has 1 unspecified atom stereocenters. The van der Waals surface area contributed by atoms with Gasteiger partial charge in [-0.3, -0.25) is 4.21 Å². The monoisotopic (exact) mass is 729 g/mol. The van der Waals surface area contributed by atoms with Crippen molar-refractivity contribution in [2.75, 3.05) is 71.3 Å². The van der Waals surface area contributed by atoms with Crippen LogP contribution in [0.25, 0.3) is 11.1 Å². The minimum Gasteiger partial charge on any atom is -0.423 e. The number of aryl methyl sites for hydroxylation is 2. The normalized spacial score (nSPS) is 18.3. The molecule has 6 heterocycles. The van der Waals surface area contributed by atoms with Crippen LogP contribution in [0.4, 0.5) is 23.6 Å². The third kappa shape index (κ3) is 8.06. The maximum atomic E-state index is 12.6. The largest absolute Gasteiger partial charge is 0.423 e. The van der Waals surface area contributed by atoms with Gasteiger partial charge in [-0.2, -0.15) is 15.0 Å². The molecule has 1 fully saturated rings. The third-order valence-electron chi connectivity index (χ3n) is 8.93. The predicted octanol–water partition coefficient (Wildman–Crippen LogP) is 4.24. The Morgan fingerprint density at radius 1 is 0.878 bits per heavy atom. The van der Waals surface area contributed by atoms with Gasteiger partial charge in [0.25, 0.3) is 6.01 Å². The van der Waals surface area contributed by atoms with Crippen LogP contribution < -0.4 is 20.4 Å². The van der Waals surface area contributed by atoms with Gasteiger partial charge in [0.2, 0.25) is 11.2 Å². The number of fused-ring (bicyclic) bond motifs is 3. The summed E-state index contributed by atoms with van der Waals surface area (Å²) in [5.74, 6) is 4.12. The van der Waals surface area contributed by atoms with Crippen molar-refractivity contribution in [3.8, 4) is 0 Å². The topological polar surface area (TPSA) is 166 Å². The summed E-state index contributed by atoms with van der Waals surface area (Å²) in [7, 11) is -1.11. The van der Waals surface area contributed by atoms with E-state index in [0.717, 1.165) is 71.6 Å². The first-order chi connectivity index (χ1) is 23.6. The van der Waals surface area contributed by atoms with Crippen molar-refractivity contribution in [1.29, 1.82) is 0 Å². The molecule has 0 spiro atoms. The number of oxazole rings is 1. The summed E-state index contributed by atoms with van der Waals surface area (Å²) in [5.41, 5.74) is 3.51. The van der Waals surface area contributed by atoms with Gasteiger partial charge in [-0.05, 0) is 35.6 Å². The van der Waals surface area contributed by atoms with Crippen LogP contribution in [0.3, 0.4) is 0 Å². The molecule has 3 aromatic heterocycles. The van der Waals surface area contributed by atoms with Crippen LogP contribution >= 0.6 is 23.4 Å². The molecule has 7 rings (SSSR count). The summed E-state index contributed by atoms with van der Waals surface area (Å²) in [4.78, 5) is 28.6. The van der Waals surface area contributed by atoms with Crippen molar-refractivity contribution >= 4 is 68.9 Å².